The SMILES string of the molecule is O=C(Nc1ccc(Br)cc1)c1ccccc1SCc1cn2ccccc2n1. The van der Waals surface area contributed by atoms with Gasteiger partial charge in [0.15, 0.2) is 0 Å². The molecule has 0 aliphatic carbocycles. The van der Waals surface area contributed by atoms with Crippen LogP contribution in [0, 0.1) is 0 Å². The van der Waals surface area contributed by atoms with E-state index >= 15 is 0 Å². The van der Waals surface area contributed by atoms with Crippen LogP contribution in [0.25, 0.3) is 5.65 Å². The van der Waals surface area contributed by atoms with Crippen molar-refractivity contribution in [3.63, 3.8) is 0 Å². The number of aromatic nitrogens is 2. The van der Waals surface area contributed by atoms with Crippen molar-refractivity contribution in [2.45, 2.75) is 10.6 Å². The number of carbonyl (C=O) groups excluding carboxylic acids is 1. The van der Waals surface area contributed by atoms with Gasteiger partial charge in [-0.05, 0) is 48.5 Å². The van der Waals surface area contributed by atoms with E-state index < -0.39 is 0 Å². The van der Waals surface area contributed by atoms with Crippen molar-refractivity contribution in [2.75, 3.05) is 5.32 Å². The molecule has 2 aromatic heterocycles. The lowest BCUT2D eigenvalue weighted by Crippen LogP contribution is -2.12. The van der Waals surface area contributed by atoms with Crippen LogP contribution in [-0.2, 0) is 5.75 Å². The molecule has 0 fully saturated rings. The molecule has 0 aliphatic heterocycles. The Morgan fingerprint density at radius 2 is 1.81 bits per heavy atom. The fourth-order valence-electron chi connectivity index (χ4n) is 2.72. The number of carbonyl (C=O) groups is 1. The molecule has 0 bridgehead atoms. The molecule has 0 unspecified atom stereocenters. The molecule has 0 saturated carbocycles. The highest BCUT2D eigenvalue weighted by Gasteiger charge is 2.12. The van der Waals surface area contributed by atoms with Crippen molar-refractivity contribution in [3.05, 3.63) is 94.9 Å². The van der Waals surface area contributed by atoms with Gasteiger partial charge in [-0.25, -0.2) is 4.98 Å². The molecule has 0 saturated heterocycles. The largest absolute Gasteiger partial charge is 0.322 e. The van der Waals surface area contributed by atoms with Gasteiger partial charge in [0.2, 0.25) is 0 Å². The maximum Gasteiger partial charge on any atom is 0.256 e. The second kappa shape index (κ2) is 7.98. The number of halogens is 1. The van der Waals surface area contributed by atoms with Crippen LogP contribution < -0.4 is 5.32 Å². The summed E-state index contributed by atoms with van der Waals surface area (Å²) in [7, 11) is 0. The van der Waals surface area contributed by atoms with E-state index in [0.717, 1.165) is 26.4 Å². The summed E-state index contributed by atoms with van der Waals surface area (Å²) < 4.78 is 2.98. The van der Waals surface area contributed by atoms with Crippen LogP contribution >= 0.6 is 27.7 Å². The Bertz CT molecular complexity index is 1060. The predicted molar refractivity (Wildman–Crippen MR) is 113 cm³/mol. The molecule has 0 atom stereocenters. The van der Waals surface area contributed by atoms with Gasteiger partial charge in [-0.2, -0.15) is 0 Å². The third-order valence-electron chi connectivity index (χ3n) is 4.02. The number of benzene rings is 2. The van der Waals surface area contributed by atoms with Crippen LogP contribution in [0.2, 0.25) is 0 Å². The van der Waals surface area contributed by atoms with Gasteiger partial charge in [-0.15, -0.1) is 11.8 Å². The van der Waals surface area contributed by atoms with Crippen LogP contribution in [0.3, 0.4) is 0 Å². The van der Waals surface area contributed by atoms with Gasteiger partial charge >= 0.3 is 0 Å². The summed E-state index contributed by atoms with van der Waals surface area (Å²) in [4.78, 5) is 18.3. The Kier molecular flexibility index (Phi) is 5.27. The normalized spacial score (nSPS) is 10.9. The highest BCUT2D eigenvalue weighted by atomic mass is 79.9. The second-order valence-corrected chi connectivity index (χ2v) is 7.88. The van der Waals surface area contributed by atoms with E-state index in [1.54, 1.807) is 11.8 Å². The fourth-order valence-corrected chi connectivity index (χ4v) is 3.92. The topological polar surface area (TPSA) is 46.4 Å². The van der Waals surface area contributed by atoms with Gasteiger partial charge < -0.3 is 9.72 Å². The van der Waals surface area contributed by atoms with E-state index in [-0.39, 0.29) is 5.91 Å². The molecule has 4 aromatic rings. The Hall–Kier alpha value is -2.57. The van der Waals surface area contributed by atoms with Crippen molar-refractivity contribution in [3.8, 4) is 0 Å². The quantitative estimate of drug-likeness (QED) is 0.410. The van der Waals surface area contributed by atoms with Gasteiger partial charge in [0.25, 0.3) is 5.91 Å². The second-order valence-electron chi connectivity index (χ2n) is 5.94. The number of nitrogens with one attached hydrogen (secondary N) is 1. The number of hydrogen-bond donors (Lipinski definition) is 1. The van der Waals surface area contributed by atoms with Crippen molar-refractivity contribution < 1.29 is 4.79 Å². The fraction of sp³-hybridized carbons (Fsp3) is 0.0476. The van der Waals surface area contributed by atoms with Crippen molar-refractivity contribution in [1.29, 1.82) is 0 Å². The third kappa shape index (κ3) is 4.23. The molecule has 6 heteroatoms. The van der Waals surface area contributed by atoms with E-state index in [1.807, 2.05) is 83.5 Å². The van der Waals surface area contributed by atoms with Crippen LogP contribution in [0.4, 0.5) is 5.69 Å². The summed E-state index contributed by atoms with van der Waals surface area (Å²) in [6.45, 7) is 0. The maximum atomic E-state index is 12.7. The first-order valence-corrected chi connectivity index (χ1v) is 10.2. The number of thioether (sulfide) groups is 1. The smallest absolute Gasteiger partial charge is 0.256 e. The molecular formula is C21H16BrN3OS. The summed E-state index contributed by atoms with van der Waals surface area (Å²) in [6.07, 6.45) is 4.00. The summed E-state index contributed by atoms with van der Waals surface area (Å²) in [5.41, 5.74) is 3.33. The molecule has 0 aliphatic rings. The zero-order chi connectivity index (χ0) is 18.6. The lowest BCUT2D eigenvalue weighted by atomic mass is 10.2. The lowest BCUT2D eigenvalue weighted by Gasteiger charge is -2.09. The van der Waals surface area contributed by atoms with Gasteiger partial charge in [-0.1, -0.05) is 34.1 Å². The Morgan fingerprint density at radius 1 is 1.04 bits per heavy atom. The first kappa shape index (κ1) is 17.8. The van der Waals surface area contributed by atoms with Gasteiger partial charge in [0.1, 0.15) is 5.65 Å². The molecule has 134 valence electrons. The molecule has 2 heterocycles. The van der Waals surface area contributed by atoms with Crippen molar-refractivity contribution >= 4 is 44.9 Å². The van der Waals surface area contributed by atoms with Crippen molar-refractivity contribution in [2.24, 2.45) is 0 Å². The highest BCUT2D eigenvalue weighted by molar-refractivity contribution is 9.10. The summed E-state index contributed by atoms with van der Waals surface area (Å²) >= 11 is 5.01. The van der Waals surface area contributed by atoms with Gasteiger partial charge in [0, 0.05) is 33.2 Å². The minimum absolute atomic E-state index is 0.115. The Morgan fingerprint density at radius 3 is 2.63 bits per heavy atom. The molecular weight excluding hydrogens is 422 g/mol. The number of anilines is 1. The Labute approximate surface area is 169 Å². The van der Waals surface area contributed by atoms with E-state index in [1.165, 1.54) is 0 Å². The number of pyridine rings is 1. The number of fused-ring (bicyclic) bond motifs is 1. The van der Waals surface area contributed by atoms with E-state index in [0.29, 0.717) is 11.3 Å². The van der Waals surface area contributed by atoms with E-state index in [4.69, 9.17) is 0 Å². The zero-order valence-corrected chi connectivity index (χ0v) is 16.7. The minimum Gasteiger partial charge on any atom is -0.322 e. The van der Waals surface area contributed by atoms with Crippen LogP contribution in [0.15, 0.2) is 88.5 Å². The summed E-state index contributed by atoms with van der Waals surface area (Å²) in [5, 5.41) is 2.95. The molecule has 1 N–H and O–H groups in total. The average Bonchev–Trinajstić information content (AvgIpc) is 3.11. The minimum atomic E-state index is -0.115. The first-order valence-electron chi connectivity index (χ1n) is 8.40. The summed E-state index contributed by atoms with van der Waals surface area (Å²) in [6, 6.07) is 21.1. The zero-order valence-electron chi connectivity index (χ0n) is 14.3. The molecule has 27 heavy (non-hydrogen) atoms. The predicted octanol–water partition coefficient (Wildman–Crippen LogP) is 5.64. The number of nitrogens with zero attached hydrogens (tertiary/aromatic N) is 2. The number of imidazole rings is 1. The molecule has 0 radical (unpaired) electrons. The molecule has 2 aromatic carbocycles. The third-order valence-corrected chi connectivity index (χ3v) is 5.66. The first-order chi connectivity index (χ1) is 13.2. The summed E-state index contributed by atoms with van der Waals surface area (Å²) in [5.74, 6) is 0.583. The van der Waals surface area contributed by atoms with E-state index in [9.17, 15) is 4.79 Å². The molecule has 1 amide bonds. The van der Waals surface area contributed by atoms with Crippen LogP contribution in [-0.4, -0.2) is 15.3 Å². The molecule has 0 spiro atoms. The van der Waals surface area contributed by atoms with E-state index in [2.05, 4.69) is 26.2 Å². The average molecular weight is 438 g/mol. The number of rotatable bonds is 5. The monoisotopic (exact) mass is 437 g/mol. The van der Waals surface area contributed by atoms with Crippen LogP contribution in [0.5, 0.6) is 0 Å². The van der Waals surface area contributed by atoms with Gasteiger partial charge in [-0.3, -0.25) is 4.79 Å². The van der Waals surface area contributed by atoms with Crippen molar-refractivity contribution in [1.82, 2.24) is 9.38 Å². The standard InChI is InChI=1S/C21H16BrN3OS/c22-15-8-10-16(11-9-15)24-21(26)18-5-1-2-6-19(18)27-14-17-13-25-12-4-3-7-20(25)23-17/h1-13H,14H2,(H,24,26). The number of hydrogen-bond acceptors (Lipinski definition) is 3. The molecule has 4 rings (SSSR count). The molecule has 4 nitrogen and oxygen atoms in total. The van der Waals surface area contributed by atoms with Crippen LogP contribution in [0.1, 0.15) is 16.1 Å². The highest BCUT2D eigenvalue weighted by Crippen LogP contribution is 2.27. The Balaban J connectivity index is 1.50. The maximum absolute atomic E-state index is 12.7. The van der Waals surface area contributed by atoms with Gasteiger partial charge in [0.05, 0.1) is 11.3 Å². The number of amides is 1. The lowest BCUT2D eigenvalue weighted by molar-refractivity contribution is 0.102.